The minimum Gasteiger partial charge on any atom is -0.349 e. The van der Waals surface area contributed by atoms with E-state index in [1.165, 1.54) is 0 Å². The van der Waals surface area contributed by atoms with Crippen molar-refractivity contribution in [1.82, 2.24) is 20.1 Å². The molecule has 0 fully saturated rings. The molecule has 6 heteroatoms. The number of aromatic nitrogens is 3. The number of carbonyl (C=O) groups is 1. The summed E-state index contributed by atoms with van der Waals surface area (Å²) in [6, 6.07) is 8.81. The van der Waals surface area contributed by atoms with E-state index in [2.05, 4.69) is 21.6 Å². The molecule has 2 aromatic rings. The monoisotopic (exact) mass is 325 g/mol. The van der Waals surface area contributed by atoms with Gasteiger partial charge in [-0.05, 0) is 46.2 Å². The summed E-state index contributed by atoms with van der Waals surface area (Å²) in [4.78, 5) is 12.6. The third kappa shape index (κ3) is 3.62. The lowest BCUT2D eigenvalue weighted by molar-refractivity contribution is -0.125. The van der Waals surface area contributed by atoms with Crippen molar-refractivity contribution in [2.75, 3.05) is 0 Å². The van der Waals surface area contributed by atoms with Crippen LogP contribution < -0.4 is 5.32 Å². The molecule has 1 atom stereocenters. The Balaban J connectivity index is 2.39. The number of hydrogen-bond acceptors (Lipinski definition) is 4. The van der Waals surface area contributed by atoms with Crippen LogP contribution >= 0.6 is 0 Å². The van der Waals surface area contributed by atoms with Crippen LogP contribution in [-0.4, -0.2) is 26.2 Å². The summed E-state index contributed by atoms with van der Waals surface area (Å²) < 4.78 is 1.80. The number of nitriles is 1. The molecule has 1 aromatic heterocycles. The van der Waals surface area contributed by atoms with E-state index in [1.54, 1.807) is 22.8 Å². The van der Waals surface area contributed by atoms with Gasteiger partial charge in [0.05, 0.1) is 11.6 Å². The van der Waals surface area contributed by atoms with E-state index in [9.17, 15) is 4.79 Å². The van der Waals surface area contributed by atoms with E-state index >= 15 is 0 Å². The first-order chi connectivity index (χ1) is 11.3. The van der Waals surface area contributed by atoms with Gasteiger partial charge >= 0.3 is 0 Å². The van der Waals surface area contributed by atoms with Gasteiger partial charge in [-0.15, -0.1) is 10.2 Å². The Morgan fingerprint density at radius 1 is 1.42 bits per heavy atom. The fourth-order valence-electron chi connectivity index (χ4n) is 2.40. The number of nitrogens with one attached hydrogen (secondary N) is 1. The van der Waals surface area contributed by atoms with E-state index in [0.717, 1.165) is 12.0 Å². The summed E-state index contributed by atoms with van der Waals surface area (Å²) in [6.07, 6.45) is 0.837. The molecule has 1 heterocycles. The minimum absolute atomic E-state index is 0.0811. The summed E-state index contributed by atoms with van der Waals surface area (Å²) >= 11 is 0. The summed E-state index contributed by atoms with van der Waals surface area (Å²) in [5.41, 5.74) is 1.04. The second-order valence-corrected chi connectivity index (χ2v) is 6.54. The van der Waals surface area contributed by atoms with Gasteiger partial charge in [0.25, 0.3) is 0 Å². The van der Waals surface area contributed by atoms with E-state index in [1.807, 2.05) is 40.7 Å². The predicted molar refractivity (Wildman–Crippen MR) is 92.1 cm³/mol. The number of rotatable bonds is 5. The molecular formula is C18H23N5O. The van der Waals surface area contributed by atoms with Crippen molar-refractivity contribution in [1.29, 1.82) is 5.26 Å². The molecule has 24 heavy (non-hydrogen) atoms. The molecule has 1 N–H and O–H groups in total. The standard InChI is InChI=1S/C18H23N5O/c1-6-18(4,5)20-17(24)12(2)23-13(3)21-22-16(23)15-9-7-8-14(10-15)11-19/h7-10,12H,6H2,1-5H3,(H,20,24)/t12-/m0/s1. The fraction of sp³-hybridized carbons (Fsp3) is 0.444. The number of benzene rings is 1. The molecule has 6 nitrogen and oxygen atoms in total. The molecule has 0 aliphatic carbocycles. The van der Waals surface area contributed by atoms with Crippen LogP contribution in [0.15, 0.2) is 24.3 Å². The van der Waals surface area contributed by atoms with Gasteiger partial charge in [0.15, 0.2) is 5.82 Å². The quantitative estimate of drug-likeness (QED) is 0.916. The van der Waals surface area contributed by atoms with Gasteiger partial charge in [-0.2, -0.15) is 5.26 Å². The van der Waals surface area contributed by atoms with Crippen molar-refractivity contribution in [3.63, 3.8) is 0 Å². The highest BCUT2D eigenvalue weighted by molar-refractivity contribution is 5.81. The van der Waals surface area contributed by atoms with Crippen LogP contribution in [0.4, 0.5) is 0 Å². The average molecular weight is 325 g/mol. The van der Waals surface area contributed by atoms with Crippen LogP contribution in [0.25, 0.3) is 11.4 Å². The second kappa shape index (κ2) is 6.83. The zero-order chi connectivity index (χ0) is 17.9. The molecule has 0 spiro atoms. The molecule has 1 amide bonds. The zero-order valence-electron chi connectivity index (χ0n) is 14.8. The Labute approximate surface area is 142 Å². The number of nitrogens with zero attached hydrogens (tertiary/aromatic N) is 4. The van der Waals surface area contributed by atoms with Crippen LogP contribution in [0.2, 0.25) is 0 Å². The zero-order valence-corrected chi connectivity index (χ0v) is 14.8. The van der Waals surface area contributed by atoms with Gasteiger partial charge in [0.1, 0.15) is 11.9 Å². The third-order valence-corrected chi connectivity index (χ3v) is 4.23. The van der Waals surface area contributed by atoms with Crippen LogP contribution in [0, 0.1) is 18.3 Å². The molecule has 0 radical (unpaired) electrons. The summed E-state index contributed by atoms with van der Waals surface area (Å²) in [6.45, 7) is 9.67. The molecule has 0 bridgehead atoms. The van der Waals surface area contributed by atoms with E-state index < -0.39 is 6.04 Å². The number of amides is 1. The highest BCUT2D eigenvalue weighted by Gasteiger charge is 2.26. The molecule has 0 saturated heterocycles. The lowest BCUT2D eigenvalue weighted by Crippen LogP contribution is -2.45. The first-order valence-corrected chi connectivity index (χ1v) is 8.03. The van der Waals surface area contributed by atoms with Gasteiger partial charge in [0, 0.05) is 11.1 Å². The highest BCUT2D eigenvalue weighted by Crippen LogP contribution is 2.24. The van der Waals surface area contributed by atoms with Gasteiger partial charge in [-0.1, -0.05) is 19.1 Å². The Hall–Kier alpha value is -2.68. The first-order valence-electron chi connectivity index (χ1n) is 8.03. The van der Waals surface area contributed by atoms with Crippen molar-refractivity contribution in [2.24, 2.45) is 0 Å². The van der Waals surface area contributed by atoms with Crippen molar-refractivity contribution >= 4 is 5.91 Å². The van der Waals surface area contributed by atoms with Crippen LogP contribution in [0.3, 0.4) is 0 Å². The Morgan fingerprint density at radius 3 is 2.75 bits per heavy atom. The maximum absolute atomic E-state index is 12.6. The molecule has 0 aliphatic heterocycles. The Morgan fingerprint density at radius 2 is 2.12 bits per heavy atom. The molecular weight excluding hydrogens is 302 g/mol. The van der Waals surface area contributed by atoms with Crippen LogP contribution in [-0.2, 0) is 4.79 Å². The molecule has 0 saturated carbocycles. The number of carbonyl (C=O) groups excluding carboxylic acids is 1. The van der Waals surface area contributed by atoms with Crippen molar-refractivity contribution < 1.29 is 4.79 Å². The van der Waals surface area contributed by atoms with Gasteiger partial charge in [-0.3, -0.25) is 9.36 Å². The van der Waals surface area contributed by atoms with Gasteiger partial charge < -0.3 is 5.32 Å². The second-order valence-electron chi connectivity index (χ2n) is 6.54. The van der Waals surface area contributed by atoms with Crippen molar-refractivity contribution in [3.8, 4) is 17.5 Å². The smallest absolute Gasteiger partial charge is 0.243 e. The normalized spacial score (nSPS) is 12.5. The molecule has 2 rings (SSSR count). The largest absolute Gasteiger partial charge is 0.349 e. The van der Waals surface area contributed by atoms with Gasteiger partial charge in [0.2, 0.25) is 5.91 Å². The van der Waals surface area contributed by atoms with Gasteiger partial charge in [-0.25, -0.2) is 0 Å². The fourth-order valence-corrected chi connectivity index (χ4v) is 2.40. The summed E-state index contributed by atoms with van der Waals surface area (Å²) in [7, 11) is 0. The van der Waals surface area contributed by atoms with E-state index in [-0.39, 0.29) is 11.4 Å². The maximum Gasteiger partial charge on any atom is 0.243 e. The molecule has 1 aromatic carbocycles. The molecule has 126 valence electrons. The Bertz CT molecular complexity index is 785. The van der Waals surface area contributed by atoms with Crippen molar-refractivity contribution in [2.45, 2.75) is 52.6 Å². The average Bonchev–Trinajstić information content (AvgIpc) is 2.95. The molecule has 0 aliphatic rings. The SMILES string of the molecule is CCC(C)(C)NC(=O)[C@H](C)n1c(C)nnc1-c1cccc(C#N)c1. The summed E-state index contributed by atoms with van der Waals surface area (Å²) in [5.74, 6) is 1.16. The van der Waals surface area contributed by atoms with Crippen molar-refractivity contribution in [3.05, 3.63) is 35.7 Å². The topological polar surface area (TPSA) is 83.6 Å². The summed E-state index contributed by atoms with van der Waals surface area (Å²) in [5, 5.41) is 20.5. The highest BCUT2D eigenvalue weighted by atomic mass is 16.2. The maximum atomic E-state index is 12.6. The lowest BCUT2D eigenvalue weighted by Gasteiger charge is -2.27. The van der Waals surface area contributed by atoms with Crippen LogP contribution in [0.1, 0.15) is 51.5 Å². The molecule has 0 unspecified atom stereocenters. The number of hydrogen-bond donors (Lipinski definition) is 1. The Kier molecular flexibility index (Phi) is 5.03. The number of aryl methyl sites for hydroxylation is 1. The van der Waals surface area contributed by atoms with E-state index in [0.29, 0.717) is 17.2 Å². The third-order valence-electron chi connectivity index (χ3n) is 4.23. The lowest BCUT2D eigenvalue weighted by atomic mass is 10.0. The minimum atomic E-state index is -0.452. The van der Waals surface area contributed by atoms with Crippen LogP contribution in [0.5, 0.6) is 0 Å². The first kappa shape index (κ1) is 17.7. The predicted octanol–water partition coefficient (Wildman–Crippen LogP) is 2.99. The van der Waals surface area contributed by atoms with E-state index in [4.69, 9.17) is 5.26 Å².